The Morgan fingerprint density at radius 2 is 2.00 bits per heavy atom. The Bertz CT molecular complexity index is 678. The molecule has 116 valence electrons. The van der Waals surface area contributed by atoms with Gasteiger partial charge in [0.05, 0.1) is 5.02 Å². The predicted octanol–water partition coefficient (Wildman–Crippen LogP) is 4.00. The van der Waals surface area contributed by atoms with Gasteiger partial charge < -0.3 is 0 Å². The molecule has 1 aliphatic carbocycles. The highest BCUT2D eigenvalue weighted by Crippen LogP contribution is 2.50. The smallest absolute Gasteiger partial charge is 0.219 e. The first-order valence-electron chi connectivity index (χ1n) is 6.91. The van der Waals surface area contributed by atoms with Crippen LogP contribution in [0, 0.1) is 0 Å². The maximum Gasteiger partial charge on any atom is 0.219 e. The lowest BCUT2D eigenvalue weighted by molar-refractivity contribution is 0.404. The van der Waals surface area contributed by atoms with Crippen molar-refractivity contribution in [3.05, 3.63) is 45.7 Å². The van der Waals surface area contributed by atoms with Gasteiger partial charge in [0, 0.05) is 10.3 Å². The van der Waals surface area contributed by atoms with E-state index in [1.165, 1.54) is 11.3 Å². The van der Waals surface area contributed by atoms with E-state index in [1.54, 1.807) is 18.2 Å². The van der Waals surface area contributed by atoms with E-state index in [1.807, 2.05) is 31.4 Å². The summed E-state index contributed by atoms with van der Waals surface area (Å²) in [6, 6.07) is 1.80. The summed E-state index contributed by atoms with van der Waals surface area (Å²) in [5, 5.41) is 8.13. The van der Waals surface area contributed by atoms with E-state index in [9.17, 15) is 8.42 Å². The van der Waals surface area contributed by atoms with Crippen LogP contribution >= 0.6 is 22.9 Å². The summed E-state index contributed by atoms with van der Waals surface area (Å²) in [4.78, 5) is 0.842. The van der Waals surface area contributed by atoms with Crippen molar-refractivity contribution >= 4 is 33.0 Å². The van der Waals surface area contributed by atoms with E-state index in [2.05, 4.69) is 0 Å². The van der Waals surface area contributed by atoms with Crippen molar-refractivity contribution in [1.82, 2.24) is 0 Å². The van der Waals surface area contributed by atoms with Crippen LogP contribution in [0.1, 0.15) is 38.0 Å². The Balaban J connectivity index is 2.69. The first-order chi connectivity index (χ1) is 9.78. The number of sulfonamides is 1. The van der Waals surface area contributed by atoms with E-state index in [4.69, 9.17) is 16.7 Å². The molecule has 1 aromatic rings. The van der Waals surface area contributed by atoms with E-state index < -0.39 is 20.2 Å². The lowest BCUT2D eigenvalue weighted by Crippen LogP contribution is -2.56. The first kappa shape index (κ1) is 16.7. The highest BCUT2D eigenvalue weighted by atomic mass is 35.5. The summed E-state index contributed by atoms with van der Waals surface area (Å²) in [7, 11) is -3.80. The highest BCUT2D eigenvalue weighted by molar-refractivity contribution is 7.90. The number of hydrogen-bond donors (Lipinski definition) is 1. The maximum atomic E-state index is 12.5. The molecule has 0 bridgehead atoms. The van der Waals surface area contributed by atoms with Gasteiger partial charge in [-0.25, -0.2) is 13.6 Å². The van der Waals surface area contributed by atoms with Crippen molar-refractivity contribution in [1.29, 1.82) is 0 Å². The van der Waals surface area contributed by atoms with Gasteiger partial charge in [-0.3, -0.25) is 0 Å². The monoisotopic (exact) mass is 345 g/mol. The van der Waals surface area contributed by atoms with Crippen molar-refractivity contribution in [3.63, 3.8) is 0 Å². The average Bonchev–Trinajstić information content (AvgIpc) is 2.83. The number of rotatable bonds is 5. The summed E-state index contributed by atoms with van der Waals surface area (Å²) < 4.78 is 23.8. The molecule has 0 radical (unpaired) electrons. The van der Waals surface area contributed by atoms with Gasteiger partial charge in [0.1, 0.15) is 4.75 Å². The van der Waals surface area contributed by atoms with E-state index >= 15 is 0 Å². The second kappa shape index (κ2) is 5.88. The van der Waals surface area contributed by atoms with Crippen LogP contribution in [0.3, 0.4) is 0 Å². The van der Waals surface area contributed by atoms with Gasteiger partial charge in [0.2, 0.25) is 10.0 Å². The normalized spacial score (nSPS) is 29.0. The zero-order valence-electron chi connectivity index (χ0n) is 12.2. The molecule has 1 aromatic heterocycles. The third-order valence-corrected chi connectivity index (χ3v) is 7.64. The standard InChI is InChI=1S/C15H20ClNO2S2/c1-3-4-9-15(21(17,18)19)10-6-5-8-14(15,2)13-12(16)7-11-20-13/h5-8,10-11H,3-4,9H2,1-2H3,(H2,17,18,19). The zero-order chi connectivity index (χ0) is 15.7. The third-order valence-electron chi connectivity index (χ3n) is 4.28. The molecular weight excluding hydrogens is 326 g/mol. The molecule has 6 heteroatoms. The van der Waals surface area contributed by atoms with Gasteiger partial charge in [0.15, 0.2) is 0 Å². The summed E-state index contributed by atoms with van der Waals surface area (Å²) in [5.41, 5.74) is -0.754. The zero-order valence-corrected chi connectivity index (χ0v) is 14.6. The van der Waals surface area contributed by atoms with Crippen molar-refractivity contribution < 1.29 is 8.42 Å². The van der Waals surface area contributed by atoms with Crippen LogP contribution < -0.4 is 5.14 Å². The Morgan fingerprint density at radius 3 is 2.52 bits per heavy atom. The fourth-order valence-corrected chi connectivity index (χ4v) is 6.03. The third kappa shape index (κ3) is 2.61. The second-order valence-corrected chi connectivity index (χ2v) is 8.70. The minimum atomic E-state index is -3.80. The molecule has 21 heavy (non-hydrogen) atoms. The summed E-state index contributed by atoms with van der Waals surface area (Å²) in [6.07, 6.45) is 9.44. The molecule has 0 saturated carbocycles. The molecule has 2 unspecified atom stereocenters. The Labute approximate surface area is 135 Å². The quantitative estimate of drug-likeness (QED) is 0.876. The summed E-state index contributed by atoms with van der Waals surface area (Å²) in [5.74, 6) is 0. The van der Waals surface area contributed by atoms with E-state index in [0.29, 0.717) is 11.4 Å². The number of allylic oxidation sites excluding steroid dienone is 3. The lowest BCUT2D eigenvalue weighted by Gasteiger charge is -2.44. The van der Waals surface area contributed by atoms with Crippen molar-refractivity contribution in [2.75, 3.05) is 0 Å². The van der Waals surface area contributed by atoms with Crippen LogP contribution in [-0.4, -0.2) is 13.2 Å². The molecule has 0 amide bonds. The molecular formula is C15H20ClNO2S2. The van der Waals surface area contributed by atoms with Gasteiger partial charge in [0.25, 0.3) is 0 Å². The number of unbranched alkanes of at least 4 members (excludes halogenated alkanes) is 1. The van der Waals surface area contributed by atoms with Crippen LogP contribution in [0.5, 0.6) is 0 Å². The van der Waals surface area contributed by atoms with Crippen molar-refractivity contribution in [2.24, 2.45) is 5.14 Å². The van der Waals surface area contributed by atoms with Gasteiger partial charge in [-0.15, -0.1) is 11.3 Å². The van der Waals surface area contributed by atoms with Crippen LogP contribution in [0.25, 0.3) is 0 Å². The molecule has 0 aromatic carbocycles. The number of hydrogen-bond acceptors (Lipinski definition) is 3. The molecule has 2 atom stereocenters. The van der Waals surface area contributed by atoms with Crippen molar-refractivity contribution in [3.8, 4) is 0 Å². The number of primary sulfonamides is 1. The maximum absolute atomic E-state index is 12.5. The molecule has 0 fully saturated rings. The Kier molecular flexibility index (Phi) is 4.69. The van der Waals surface area contributed by atoms with Crippen LogP contribution in [0.2, 0.25) is 5.02 Å². The molecule has 3 nitrogen and oxygen atoms in total. The average molecular weight is 346 g/mol. The molecule has 1 aliphatic rings. The minimum absolute atomic E-state index is 0.480. The summed E-state index contributed by atoms with van der Waals surface area (Å²) in [6.45, 7) is 3.94. The fourth-order valence-electron chi connectivity index (χ4n) is 3.02. The summed E-state index contributed by atoms with van der Waals surface area (Å²) >= 11 is 7.76. The first-order valence-corrected chi connectivity index (χ1v) is 9.72. The van der Waals surface area contributed by atoms with Gasteiger partial charge >= 0.3 is 0 Å². The molecule has 0 saturated heterocycles. The molecule has 0 aliphatic heterocycles. The topological polar surface area (TPSA) is 60.2 Å². The SMILES string of the molecule is CCCCC1(S(N)(=O)=O)C=CC=CC1(C)c1sccc1Cl. The fraction of sp³-hybridized carbons (Fsp3) is 0.467. The number of halogens is 1. The van der Waals surface area contributed by atoms with Gasteiger partial charge in [-0.05, 0) is 24.8 Å². The molecule has 1 heterocycles. The number of thiophene rings is 1. The van der Waals surface area contributed by atoms with Gasteiger partial charge in [-0.1, -0.05) is 55.7 Å². The largest absolute Gasteiger partial charge is 0.228 e. The van der Waals surface area contributed by atoms with Crippen LogP contribution in [0.4, 0.5) is 0 Å². The van der Waals surface area contributed by atoms with E-state index in [-0.39, 0.29) is 0 Å². The minimum Gasteiger partial charge on any atom is -0.228 e. The Hall–Kier alpha value is -0.620. The van der Waals surface area contributed by atoms with Crippen LogP contribution in [-0.2, 0) is 15.4 Å². The second-order valence-electron chi connectivity index (χ2n) is 5.56. The van der Waals surface area contributed by atoms with Crippen LogP contribution in [0.15, 0.2) is 35.8 Å². The van der Waals surface area contributed by atoms with E-state index in [0.717, 1.165) is 17.7 Å². The van der Waals surface area contributed by atoms with Gasteiger partial charge in [-0.2, -0.15) is 0 Å². The molecule has 0 spiro atoms. The Morgan fingerprint density at radius 1 is 1.33 bits per heavy atom. The molecule has 2 rings (SSSR count). The molecule has 2 N–H and O–H groups in total. The highest BCUT2D eigenvalue weighted by Gasteiger charge is 2.55. The lowest BCUT2D eigenvalue weighted by atomic mass is 9.70. The number of nitrogens with two attached hydrogens (primary N) is 1. The van der Waals surface area contributed by atoms with Crippen molar-refractivity contribution in [2.45, 2.75) is 43.3 Å². The predicted molar refractivity (Wildman–Crippen MR) is 90.3 cm³/mol.